The van der Waals surface area contributed by atoms with E-state index in [1.54, 1.807) is 0 Å². The van der Waals surface area contributed by atoms with Crippen LogP contribution in [0.2, 0.25) is 0 Å². The van der Waals surface area contributed by atoms with Gasteiger partial charge >= 0.3 is 0 Å². The van der Waals surface area contributed by atoms with E-state index in [2.05, 4.69) is 86.0 Å². The van der Waals surface area contributed by atoms with Crippen LogP contribution in [0.25, 0.3) is 0 Å². The van der Waals surface area contributed by atoms with Gasteiger partial charge in [-0.1, -0.05) is 74.1 Å². The molecule has 0 nitrogen and oxygen atoms in total. The number of allylic oxidation sites excluding steroid dienone is 3. The largest absolute Gasteiger partial charge is 0.103 e. The quantitative estimate of drug-likeness (QED) is 0.264. The number of hydrogen-bond donors (Lipinski definition) is 0. The predicted molar refractivity (Wildman–Crippen MR) is 114 cm³/mol. The lowest BCUT2D eigenvalue weighted by Crippen LogP contribution is -1.85. The first kappa shape index (κ1) is 19.8. The highest BCUT2D eigenvalue weighted by atomic mass is 14.0. The molecule has 2 aromatic rings. The molecule has 0 saturated carbocycles. The molecule has 0 N–H and O–H groups in total. The van der Waals surface area contributed by atoms with Crippen molar-refractivity contribution >= 4 is 0 Å². The molecule has 134 valence electrons. The summed E-state index contributed by atoms with van der Waals surface area (Å²) in [7, 11) is 0. The van der Waals surface area contributed by atoms with E-state index >= 15 is 0 Å². The Hall–Kier alpha value is -2.52. The highest BCUT2D eigenvalue weighted by Gasteiger charge is 1.94. The van der Waals surface area contributed by atoms with E-state index < -0.39 is 0 Å². The summed E-state index contributed by atoms with van der Waals surface area (Å²) in [4.78, 5) is 0. The summed E-state index contributed by atoms with van der Waals surface area (Å²) < 4.78 is 0. The summed E-state index contributed by atoms with van der Waals surface area (Å²) in [5.74, 6) is 6.52. The first-order chi connectivity index (χ1) is 12.8. The second-order valence-electron chi connectivity index (χ2n) is 6.62. The number of benzene rings is 2. The molecule has 0 aliphatic heterocycles. The maximum Gasteiger partial charge on any atom is 0.0249 e. The van der Waals surface area contributed by atoms with Crippen molar-refractivity contribution in [3.63, 3.8) is 0 Å². The fraction of sp³-hybridized carbons (Fsp3) is 0.308. The van der Waals surface area contributed by atoms with Crippen molar-refractivity contribution in [3.05, 3.63) is 95.6 Å². The molecule has 0 aromatic heterocycles. The van der Waals surface area contributed by atoms with Gasteiger partial charge in [0.25, 0.3) is 0 Å². The van der Waals surface area contributed by atoms with Gasteiger partial charge in [0.05, 0.1) is 0 Å². The molecule has 0 atom stereocenters. The maximum atomic E-state index is 3.77. The SMILES string of the molecule is C=CCCc1ccc(C#Cc2ccc(CCC=CCCCC)cc2)cc1. The van der Waals surface area contributed by atoms with Crippen LogP contribution in [0, 0.1) is 11.8 Å². The molecule has 0 bridgehead atoms. The molecule has 2 aromatic carbocycles. The average Bonchev–Trinajstić information content (AvgIpc) is 2.69. The Kier molecular flexibility index (Phi) is 9.09. The highest BCUT2D eigenvalue weighted by Crippen LogP contribution is 2.09. The smallest absolute Gasteiger partial charge is 0.0249 e. The Morgan fingerprint density at radius 1 is 0.731 bits per heavy atom. The molecule has 0 amide bonds. The van der Waals surface area contributed by atoms with Gasteiger partial charge in [0.2, 0.25) is 0 Å². The van der Waals surface area contributed by atoms with E-state index in [4.69, 9.17) is 0 Å². The summed E-state index contributed by atoms with van der Waals surface area (Å²) in [5, 5.41) is 0. The maximum absolute atomic E-state index is 3.77. The van der Waals surface area contributed by atoms with Crippen LogP contribution in [0.1, 0.15) is 61.3 Å². The standard InChI is InChI=1S/C26H30/c1-3-5-7-8-9-10-12-24-15-19-26(20-16-24)22-21-25-17-13-23(14-18-25)11-6-4-2/h4,8-9,13-20H,2-3,5-7,10-12H2,1H3. The van der Waals surface area contributed by atoms with Gasteiger partial charge in [0.15, 0.2) is 0 Å². The molecule has 0 aliphatic carbocycles. The number of unbranched alkanes of at least 4 members (excludes halogenated alkanes) is 2. The minimum atomic E-state index is 1.02. The second-order valence-corrected chi connectivity index (χ2v) is 6.62. The van der Waals surface area contributed by atoms with E-state index in [1.807, 2.05) is 6.08 Å². The third-order valence-corrected chi connectivity index (χ3v) is 4.39. The third kappa shape index (κ3) is 7.58. The van der Waals surface area contributed by atoms with Crippen LogP contribution < -0.4 is 0 Å². The number of aryl methyl sites for hydroxylation is 2. The third-order valence-electron chi connectivity index (χ3n) is 4.39. The molecular weight excluding hydrogens is 312 g/mol. The zero-order chi connectivity index (χ0) is 18.5. The lowest BCUT2D eigenvalue weighted by Gasteiger charge is -1.99. The van der Waals surface area contributed by atoms with Crippen molar-refractivity contribution in [2.45, 2.75) is 51.9 Å². The van der Waals surface area contributed by atoms with Crippen LogP contribution in [0.4, 0.5) is 0 Å². The van der Waals surface area contributed by atoms with E-state index in [-0.39, 0.29) is 0 Å². The monoisotopic (exact) mass is 342 g/mol. The van der Waals surface area contributed by atoms with E-state index in [9.17, 15) is 0 Å². The lowest BCUT2D eigenvalue weighted by atomic mass is 10.1. The van der Waals surface area contributed by atoms with Gasteiger partial charge in [-0.25, -0.2) is 0 Å². The Balaban J connectivity index is 1.84. The van der Waals surface area contributed by atoms with E-state index in [0.29, 0.717) is 0 Å². The van der Waals surface area contributed by atoms with Gasteiger partial charge < -0.3 is 0 Å². The summed E-state index contributed by atoms with van der Waals surface area (Å²) in [5.41, 5.74) is 4.85. The molecule has 0 unspecified atom stereocenters. The number of hydrogen-bond acceptors (Lipinski definition) is 0. The first-order valence-electron chi connectivity index (χ1n) is 9.77. The Morgan fingerprint density at radius 3 is 1.73 bits per heavy atom. The van der Waals surface area contributed by atoms with Crippen molar-refractivity contribution in [3.8, 4) is 11.8 Å². The van der Waals surface area contributed by atoms with Gasteiger partial charge in [0.1, 0.15) is 0 Å². The number of rotatable bonds is 9. The van der Waals surface area contributed by atoms with Crippen molar-refractivity contribution in [2.75, 3.05) is 0 Å². The van der Waals surface area contributed by atoms with Crippen LogP contribution in [-0.4, -0.2) is 0 Å². The van der Waals surface area contributed by atoms with Gasteiger partial charge in [0, 0.05) is 11.1 Å². The molecule has 0 fully saturated rings. The van der Waals surface area contributed by atoms with Gasteiger partial charge in [-0.3, -0.25) is 0 Å². The van der Waals surface area contributed by atoms with Gasteiger partial charge in [-0.15, -0.1) is 6.58 Å². The second kappa shape index (κ2) is 11.9. The van der Waals surface area contributed by atoms with Crippen molar-refractivity contribution in [2.24, 2.45) is 0 Å². The first-order valence-corrected chi connectivity index (χ1v) is 9.77. The van der Waals surface area contributed by atoms with Crippen molar-refractivity contribution < 1.29 is 0 Å². The zero-order valence-electron chi connectivity index (χ0n) is 16.0. The fourth-order valence-corrected chi connectivity index (χ4v) is 2.73. The summed E-state index contributed by atoms with van der Waals surface area (Å²) in [6.07, 6.45) is 14.6. The van der Waals surface area contributed by atoms with Gasteiger partial charge in [-0.05, 0) is 67.5 Å². The molecule has 2 rings (SSSR count). The molecule has 0 spiro atoms. The zero-order valence-corrected chi connectivity index (χ0v) is 16.0. The van der Waals surface area contributed by atoms with Gasteiger partial charge in [-0.2, -0.15) is 0 Å². The summed E-state index contributed by atoms with van der Waals surface area (Å²) in [6.45, 7) is 6.00. The minimum Gasteiger partial charge on any atom is -0.103 e. The summed E-state index contributed by atoms with van der Waals surface area (Å²) in [6, 6.07) is 17.2. The van der Waals surface area contributed by atoms with E-state index in [1.165, 1.54) is 30.4 Å². The summed E-state index contributed by atoms with van der Waals surface area (Å²) >= 11 is 0. The predicted octanol–water partition coefficient (Wildman–Crippen LogP) is 6.88. The molecule has 0 heteroatoms. The van der Waals surface area contributed by atoms with Crippen LogP contribution in [0.15, 0.2) is 73.3 Å². The molecule has 0 heterocycles. The highest BCUT2D eigenvalue weighted by molar-refractivity contribution is 5.44. The minimum absolute atomic E-state index is 1.02. The van der Waals surface area contributed by atoms with Crippen LogP contribution in [-0.2, 0) is 12.8 Å². The van der Waals surface area contributed by atoms with Crippen LogP contribution in [0.5, 0.6) is 0 Å². The molecule has 26 heavy (non-hydrogen) atoms. The Bertz CT molecular complexity index is 733. The van der Waals surface area contributed by atoms with Crippen molar-refractivity contribution in [1.29, 1.82) is 0 Å². The Morgan fingerprint density at radius 2 is 1.23 bits per heavy atom. The fourth-order valence-electron chi connectivity index (χ4n) is 2.73. The molecule has 0 radical (unpaired) electrons. The average molecular weight is 343 g/mol. The molecule has 0 aliphatic rings. The van der Waals surface area contributed by atoms with Crippen molar-refractivity contribution in [1.82, 2.24) is 0 Å². The lowest BCUT2D eigenvalue weighted by molar-refractivity contribution is 0.811. The molecular formula is C26H30. The molecule has 0 saturated heterocycles. The van der Waals surface area contributed by atoms with Crippen LogP contribution >= 0.6 is 0 Å². The normalized spacial score (nSPS) is 10.5. The van der Waals surface area contributed by atoms with Crippen LogP contribution in [0.3, 0.4) is 0 Å². The topological polar surface area (TPSA) is 0 Å². The Labute approximate surface area is 159 Å². The van der Waals surface area contributed by atoms with E-state index in [0.717, 1.165) is 36.8 Å².